The van der Waals surface area contributed by atoms with Gasteiger partial charge in [0, 0.05) is 32.8 Å². The molecule has 5 heteroatoms. The van der Waals surface area contributed by atoms with Crippen molar-refractivity contribution in [3.05, 3.63) is 42.7 Å². The van der Waals surface area contributed by atoms with Gasteiger partial charge in [0.15, 0.2) is 0 Å². The van der Waals surface area contributed by atoms with Crippen LogP contribution in [0, 0.1) is 0 Å². The number of hydrogen-bond donors (Lipinski definition) is 1. The maximum Gasteiger partial charge on any atom is 0.0931 e. The van der Waals surface area contributed by atoms with Crippen molar-refractivity contribution >= 4 is 46.0 Å². The van der Waals surface area contributed by atoms with E-state index in [2.05, 4.69) is 17.4 Å². The number of thiophene rings is 2. The number of aryl methyl sites for hydroxylation is 1. The van der Waals surface area contributed by atoms with E-state index in [4.69, 9.17) is 11.6 Å². The van der Waals surface area contributed by atoms with Crippen LogP contribution in [0.15, 0.2) is 18.2 Å². The molecule has 19 heavy (non-hydrogen) atoms. The average molecular weight is 330 g/mol. The van der Waals surface area contributed by atoms with Crippen LogP contribution in [0.2, 0.25) is 4.34 Å². The van der Waals surface area contributed by atoms with Crippen molar-refractivity contribution in [3.8, 4) is 0 Å². The molecule has 0 saturated heterocycles. The Bertz CT molecular complexity index is 537. The third-order valence-electron chi connectivity index (χ3n) is 3.37. The smallest absolute Gasteiger partial charge is 0.0931 e. The lowest BCUT2D eigenvalue weighted by Crippen LogP contribution is -2.17. The molecule has 0 aliphatic carbocycles. The largest absolute Gasteiger partial charge is 0.312 e. The van der Waals surface area contributed by atoms with Gasteiger partial charge in [-0.15, -0.1) is 22.7 Å². The molecule has 2 aromatic rings. The lowest BCUT2D eigenvalue weighted by molar-refractivity contribution is 0.606. The molecule has 3 heterocycles. The van der Waals surface area contributed by atoms with Crippen molar-refractivity contribution < 1.29 is 0 Å². The summed E-state index contributed by atoms with van der Waals surface area (Å²) in [6.45, 7) is 0. The Balaban J connectivity index is 1.79. The Kier molecular flexibility index (Phi) is 4.54. The fraction of sp³-hybridized carbons (Fsp3) is 0.429. The normalized spacial score (nSPS) is 16.3. The van der Waals surface area contributed by atoms with E-state index in [1.165, 1.54) is 27.7 Å². The molecular weight excluding hydrogens is 314 g/mol. The van der Waals surface area contributed by atoms with Gasteiger partial charge in [0.2, 0.25) is 0 Å². The predicted molar refractivity (Wildman–Crippen MR) is 89.0 cm³/mol. The summed E-state index contributed by atoms with van der Waals surface area (Å²) in [6, 6.07) is 6.95. The van der Waals surface area contributed by atoms with Crippen LogP contribution in [0.25, 0.3) is 0 Å². The van der Waals surface area contributed by atoms with Gasteiger partial charge in [-0.1, -0.05) is 11.6 Å². The third-order valence-corrected chi connectivity index (χ3v) is 6.98. The summed E-state index contributed by atoms with van der Waals surface area (Å²) >= 11 is 11.7. The summed E-state index contributed by atoms with van der Waals surface area (Å²) in [7, 11) is 2.05. The zero-order valence-corrected chi connectivity index (χ0v) is 13.9. The summed E-state index contributed by atoms with van der Waals surface area (Å²) in [6.07, 6.45) is 2.27. The Morgan fingerprint density at radius 2 is 2.26 bits per heavy atom. The van der Waals surface area contributed by atoms with Crippen LogP contribution in [-0.2, 0) is 18.6 Å². The molecule has 1 aliphatic rings. The molecule has 102 valence electrons. The van der Waals surface area contributed by atoms with E-state index in [0.717, 1.165) is 10.8 Å². The van der Waals surface area contributed by atoms with Gasteiger partial charge in [-0.25, -0.2) is 0 Å². The number of thioether (sulfide) groups is 1. The second kappa shape index (κ2) is 6.19. The number of fused-ring (bicyclic) bond motifs is 1. The molecule has 0 saturated carbocycles. The van der Waals surface area contributed by atoms with E-state index >= 15 is 0 Å². The highest BCUT2D eigenvalue weighted by Gasteiger charge is 2.19. The molecule has 1 unspecified atom stereocenters. The van der Waals surface area contributed by atoms with Gasteiger partial charge in [0.05, 0.1) is 4.34 Å². The molecule has 0 amide bonds. The highest BCUT2D eigenvalue weighted by Crippen LogP contribution is 2.36. The summed E-state index contributed by atoms with van der Waals surface area (Å²) in [5.74, 6) is 2.46. The molecule has 1 N–H and O–H groups in total. The van der Waals surface area contributed by atoms with E-state index < -0.39 is 0 Å². The Morgan fingerprint density at radius 3 is 2.95 bits per heavy atom. The average Bonchev–Trinajstić information content (AvgIpc) is 3.01. The standard InChI is InChI=1S/C14H16ClNS3/c1-16-11(7-10-2-3-14(15)18-10)13-6-9-8-17-5-4-12(9)19-13/h2-3,6,11,16H,4-5,7-8H2,1H3. The van der Waals surface area contributed by atoms with E-state index in [1.807, 2.05) is 36.2 Å². The second-order valence-electron chi connectivity index (χ2n) is 4.65. The zero-order valence-electron chi connectivity index (χ0n) is 10.7. The van der Waals surface area contributed by atoms with Crippen molar-refractivity contribution in [2.45, 2.75) is 24.6 Å². The lowest BCUT2D eigenvalue weighted by Gasteiger charge is -2.13. The SMILES string of the molecule is CNC(Cc1ccc(Cl)s1)c1cc2c(s1)CCSC2. The first-order chi connectivity index (χ1) is 9.26. The fourth-order valence-corrected chi connectivity index (χ4v) is 5.97. The summed E-state index contributed by atoms with van der Waals surface area (Å²) in [5, 5.41) is 3.45. The molecule has 0 spiro atoms. The molecule has 0 bridgehead atoms. The number of likely N-dealkylation sites (N-methyl/N-ethyl adjacent to an activating group) is 1. The number of halogens is 1. The molecule has 1 aliphatic heterocycles. The Hall–Kier alpha value is -0.000000000000000111. The fourth-order valence-electron chi connectivity index (χ4n) is 2.35. The monoisotopic (exact) mass is 329 g/mol. The molecular formula is C14H16ClNS3. The quantitative estimate of drug-likeness (QED) is 0.868. The van der Waals surface area contributed by atoms with E-state index in [0.29, 0.717) is 6.04 Å². The van der Waals surface area contributed by atoms with E-state index in [1.54, 1.807) is 21.8 Å². The lowest BCUT2D eigenvalue weighted by atomic mass is 10.1. The third kappa shape index (κ3) is 3.19. The molecule has 2 aromatic heterocycles. The highest BCUT2D eigenvalue weighted by molar-refractivity contribution is 7.98. The van der Waals surface area contributed by atoms with Crippen molar-refractivity contribution in [2.75, 3.05) is 12.8 Å². The van der Waals surface area contributed by atoms with Crippen molar-refractivity contribution in [3.63, 3.8) is 0 Å². The summed E-state index contributed by atoms with van der Waals surface area (Å²) in [4.78, 5) is 4.42. The second-order valence-corrected chi connectivity index (χ2v) is 8.72. The van der Waals surface area contributed by atoms with Crippen LogP contribution in [0.3, 0.4) is 0 Å². The van der Waals surface area contributed by atoms with Crippen LogP contribution in [0.5, 0.6) is 0 Å². The maximum absolute atomic E-state index is 6.01. The molecule has 0 radical (unpaired) electrons. The number of rotatable bonds is 4. The van der Waals surface area contributed by atoms with Gasteiger partial charge in [-0.3, -0.25) is 0 Å². The van der Waals surface area contributed by atoms with Crippen molar-refractivity contribution in [1.82, 2.24) is 5.32 Å². The van der Waals surface area contributed by atoms with Crippen LogP contribution in [-0.4, -0.2) is 12.8 Å². The van der Waals surface area contributed by atoms with E-state index in [-0.39, 0.29) is 0 Å². The number of hydrogen-bond acceptors (Lipinski definition) is 4. The first-order valence-electron chi connectivity index (χ1n) is 6.37. The van der Waals surface area contributed by atoms with Crippen molar-refractivity contribution in [2.24, 2.45) is 0 Å². The molecule has 1 atom stereocenters. The molecule has 3 rings (SSSR count). The highest BCUT2D eigenvalue weighted by atomic mass is 35.5. The number of nitrogens with one attached hydrogen (secondary N) is 1. The topological polar surface area (TPSA) is 12.0 Å². The van der Waals surface area contributed by atoms with Gasteiger partial charge in [-0.2, -0.15) is 11.8 Å². The van der Waals surface area contributed by atoms with Gasteiger partial charge >= 0.3 is 0 Å². The van der Waals surface area contributed by atoms with Crippen LogP contribution >= 0.6 is 46.0 Å². The van der Waals surface area contributed by atoms with Gasteiger partial charge in [0.1, 0.15) is 0 Å². The maximum atomic E-state index is 6.01. The molecule has 1 nitrogen and oxygen atoms in total. The minimum atomic E-state index is 0.412. The summed E-state index contributed by atoms with van der Waals surface area (Å²) in [5.41, 5.74) is 1.56. The first kappa shape index (κ1) is 14.0. The van der Waals surface area contributed by atoms with Crippen molar-refractivity contribution in [1.29, 1.82) is 0 Å². The Labute approximate surface area is 131 Å². The van der Waals surface area contributed by atoms with Crippen LogP contribution in [0.1, 0.15) is 26.2 Å². The van der Waals surface area contributed by atoms with Crippen LogP contribution < -0.4 is 5.32 Å². The van der Waals surface area contributed by atoms with Gasteiger partial charge < -0.3 is 5.32 Å². The predicted octanol–water partition coefficient (Wildman–Crippen LogP) is 4.76. The minimum Gasteiger partial charge on any atom is -0.312 e. The van der Waals surface area contributed by atoms with Crippen LogP contribution in [0.4, 0.5) is 0 Å². The Morgan fingerprint density at radius 1 is 1.37 bits per heavy atom. The molecule has 0 fully saturated rings. The first-order valence-corrected chi connectivity index (χ1v) is 9.53. The van der Waals surface area contributed by atoms with Gasteiger partial charge in [0.25, 0.3) is 0 Å². The summed E-state index contributed by atoms with van der Waals surface area (Å²) < 4.78 is 0.881. The zero-order chi connectivity index (χ0) is 13.2. The van der Waals surface area contributed by atoms with Gasteiger partial charge in [-0.05, 0) is 43.0 Å². The minimum absolute atomic E-state index is 0.412. The van der Waals surface area contributed by atoms with E-state index in [9.17, 15) is 0 Å². The molecule has 0 aromatic carbocycles.